The van der Waals surface area contributed by atoms with Gasteiger partial charge in [0.05, 0.1) is 6.10 Å². The van der Waals surface area contributed by atoms with E-state index in [0.29, 0.717) is 18.9 Å². The first-order valence-electron chi connectivity index (χ1n) is 9.32. The van der Waals surface area contributed by atoms with Crippen molar-refractivity contribution in [2.75, 3.05) is 11.9 Å². The topological polar surface area (TPSA) is 47.6 Å². The molecular formula is C21H35NO3. The molecule has 1 rings (SSSR count). The monoisotopic (exact) mass is 349 g/mol. The molecule has 0 saturated carbocycles. The predicted octanol–water partition coefficient (Wildman–Crippen LogP) is 5.26. The van der Waals surface area contributed by atoms with Crippen LogP contribution in [0.3, 0.4) is 0 Å². The summed E-state index contributed by atoms with van der Waals surface area (Å²) in [4.78, 5) is 12.9. The van der Waals surface area contributed by atoms with Gasteiger partial charge in [0.15, 0.2) is 0 Å². The number of carbonyl (C=O) groups excluding carboxylic acids is 1. The second-order valence-corrected chi connectivity index (χ2v) is 7.74. The molecule has 0 aromatic heterocycles. The van der Waals surface area contributed by atoms with Crippen molar-refractivity contribution in [3.63, 3.8) is 0 Å². The van der Waals surface area contributed by atoms with Gasteiger partial charge in [-0.15, -0.1) is 0 Å². The molecule has 0 saturated heterocycles. The number of rotatable bonds is 9. The number of ether oxygens (including phenoxy) is 2. The third-order valence-corrected chi connectivity index (χ3v) is 3.97. The van der Waals surface area contributed by atoms with Gasteiger partial charge < -0.3 is 14.8 Å². The second kappa shape index (κ2) is 9.23. The normalized spacial score (nSPS) is 13.8. The highest BCUT2D eigenvalue weighted by molar-refractivity contribution is 5.97. The molecule has 0 heterocycles. The molecule has 0 aliphatic rings. The molecule has 0 unspecified atom stereocenters. The van der Waals surface area contributed by atoms with Crippen LogP contribution in [0, 0.1) is 19.8 Å². The lowest BCUT2D eigenvalue weighted by atomic mass is 9.92. The molecule has 25 heavy (non-hydrogen) atoms. The van der Waals surface area contributed by atoms with E-state index in [-0.39, 0.29) is 12.0 Å². The molecule has 0 bridgehead atoms. The SMILES string of the molecule is CCCO[C@@](C)(CC(C)C)C(=O)Nc1cc(C)c(OC(C)C)c(C)c1. The van der Waals surface area contributed by atoms with Crippen LogP contribution in [0.5, 0.6) is 5.75 Å². The van der Waals surface area contributed by atoms with Gasteiger partial charge in [-0.2, -0.15) is 0 Å². The number of aryl methyl sites for hydroxylation is 2. The molecule has 0 fully saturated rings. The fourth-order valence-electron chi connectivity index (χ4n) is 3.03. The van der Waals surface area contributed by atoms with E-state index in [1.54, 1.807) is 0 Å². The van der Waals surface area contributed by atoms with Crippen molar-refractivity contribution in [1.29, 1.82) is 0 Å². The minimum Gasteiger partial charge on any atom is -0.490 e. The Morgan fingerprint density at radius 3 is 2.16 bits per heavy atom. The second-order valence-electron chi connectivity index (χ2n) is 7.74. The summed E-state index contributed by atoms with van der Waals surface area (Å²) in [7, 11) is 0. The lowest BCUT2D eigenvalue weighted by Crippen LogP contribution is -2.44. The third kappa shape index (κ3) is 6.35. The van der Waals surface area contributed by atoms with Gasteiger partial charge in [-0.1, -0.05) is 20.8 Å². The van der Waals surface area contributed by atoms with Crippen LogP contribution in [0.15, 0.2) is 12.1 Å². The van der Waals surface area contributed by atoms with Crippen LogP contribution in [0.1, 0.15) is 65.5 Å². The van der Waals surface area contributed by atoms with Crippen LogP contribution in [0.2, 0.25) is 0 Å². The standard InChI is InChI=1S/C21H35NO3/c1-9-10-24-21(8,13-14(2)3)20(23)22-18-11-16(6)19(17(7)12-18)25-15(4)5/h11-12,14-15H,9-10,13H2,1-8H3,(H,22,23)/t21-/m0/s1. The summed E-state index contributed by atoms with van der Waals surface area (Å²) in [6, 6.07) is 3.91. The van der Waals surface area contributed by atoms with Crippen LogP contribution in [0.4, 0.5) is 5.69 Å². The fraction of sp³-hybridized carbons (Fsp3) is 0.667. The first kappa shape index (κ1) is 21.5. The lowest BCUT2D eigenvalue weighted by molar-refractivity contribution is -0.141. The molecule has 1 aromatic rings. The zero-order valence-corrected chi connectivity index (χ0v) is 17.2. The number of amides is 1. The Kier molecular flexibility index (Phi) is 7.94. The summed E-state index contributed by atoms with van der Waals surface area (Å²) in [6.45, 7) is 16.7. The lowest BCUT2D eigenvalue weighted by Gasteiger charge is -2.30. The highest BCUT2D eigenvalue weighted by Crippen LogP contribution is 2.30. The van der Waals surface area contributed by atoms with E-state index in [0.717, 1.165) is 29.0 Å². The molecule has 0 spiro atoms. The van der Waals surface area contributed by atoms with Gasteiger partial charge >= 0.3 is 0 Å². The van der Waals surface area contributed by atoms with Crippen molar-refractivity contribution in [2.45, 2.75) is 79.9 Å². The average molecular weight is 350 g/mol. The van der Waals surface area contributed by atoms with E-state index in [9.17, 15) is 4.79 Å². The summed E-state index contributed by atoms with van der Waals surface area (Å²) in [5, 5.41) is 3.04. The van der Waals surface area contributed by atoms with Crippen LogP contribution < -0.4 is 10.1 Å². The highest BCUT2D eigenvalue weighted by atomic mass is 16.5. The minimum atomic E-state index is -0.820. The minimum absolute atomic E-state index is 0.0917. The number of nitrogens with one attached hydrogen (secondary N) is 1. The maximum absolute atomic E-state index is 12.9. The van der Waals surface area contributed by atoms with Crippen molar-refractivity contribution in [3.8, 4) is 5.75 Å². The van der Waals surface area contributed by atoms with E-state index in [1.807, 2.05) is 53.7 Å². The van der Waals surface area contributed by atoms with E-state index in [2.05, 4.69) is 19.2 Å². The highest BCUT2D eigenvalue weighted by Gasteiger charge is 2.35. The maximum Gasteiger partial charge on any atom is 0.256 e. The Balaban J connectivity index is 3.00. The Bertz CT molecular complexity index is 557. The van der Waals surface area contributed by atoms with Gasteiger partial charge in [-0.25, -0.2) is 0 Å². The summed E-state index contributed by atoms with van der Waals surface area (Å²) in [6.07, 6.45) is 1.70. The quantitative estimate of drug-likeness (QED) is 0.661. The molecule has 4 heteroatoms. The smallest absolute Gasteiger partial charge is 0.256 e. The number of hydrogen-bond acceptors (Lipinski definition) is 3. The van der Waals surface area contributed by atoms with Gasteiger partial charge in [-0.3, -0.25) is 4.79 Å². The summed E-state index contributed by atoms with van der Waals surface area (Å²) < 4.78 is 11.8. The third-order valence-electron chi connectivity index (χ3n) is 3.97. The van der Waals surface area contributed by atoms with Crippen molar-refractivity contribution in [2.24, 2.45) is 5.92 Å². The zero-order valence-electron chi connectivity index (χ0n) is 17.2. The molecule has 142 valence electrons. The predicted molar refractivity (Wildman–Crippen MR) is 104 cm³/mol. The fourth-order valence-corrected chi connectivity index (χ4v) is 3.03. The number of anilines is 1. The van der Waals surface area contributed by atoms with E-state index in [4.69, 9.17) is 9.47 Å². The Morgan fingerprint density at radius 1 is 1.16 bits per heavy atom. The Labute approximate surface area is 153 Å². The van der Waals surface area contributed by atoms with Gasteiger partial charge in [0, 0.05) is 12.3 Å². The Morgan fingerprint density at radius 2 is 1.72 bits per heavy atom. The molecule has 1 amide bonds. The first-order valence-corrected chi connectivity index (χ1v) is 9.32. The van der Waals surface area contributed by atoms with E-state index >= 15 is 0 Å². The largest absolute Gasteiger partial charge is 0.490 e. The van der Waals surface area contributed by atoms with Crippen LogP contribution >= 0.6 is 0 Å². The average Bonchev–Trinajstić information content (AvgIpc) is 2.48. The summed E-state index contributed by atoms with van der Waals surface area (Å²) in [5.74, 6) is 1.17. The number of benzene rings is 1. The van der Waals surface area contributed by atoms with E-state index in [1.165, 1.54) is 0 Å². The van der Waals surface area contributed by atoms with Crippen molar-refractivity contribution in [3.05, 3.63) is 23.3 Å². The van der Waals surface area contributed by atoms with Crippen LogP contribution in [-0.2, 0) is 9.53 Å². The number of carbonyl (C=O) groups is 1. The Hall–Kier alpha value is -1.55. The van der Waals surface area contributed by atoms with Gasteiger partial charge in [0.25, 0.3) is 5.91 Å². The molecule has 0 aliphatic carbocycles. The summed E-state index contributed by atoms with van der Waals surface area (Å²) >= 11 is 0. The van der Waals surface area contributed by atoms with Crippen LogP contribution in [-0.4, -0.2) is 24.2 Å². The molecule has 0 radical (unpaired) electrons. The molecule has 0 aliphatic heterocycles. The maximum atomic E-state index is 12.9. The first-order chi connectivity index (χ1) is 11.6. The van der Waals surface area contributed by atoms with Crippen molar-refractivity contribution < 1.29 is 14.3 Å². The molecule has 1 N–H and O–H groups in total. The van der Waals surface area contributed by atoms with E-state index < -0.39 is 5.60 Å². The van der Waals surface area contributed by atoms with Crippen molar-refractivity contribution >= 4 is 11.6 Å². The van der Waals surface area contributed by atoms with Gasteiger partial charge in [0.1, 0.15) is 11.4 Å². The molecular weight excluding hydrogens is 314 g/mol. The van der Waals surface area contributed by atoms with Crippen molar-refractivity contribution in [1.82, 2.24) is 0 Å². The zero-order chi connectivity index (χ0) is 19.2. The molecule has 1 aromatic carbocycles. The molecule has 1 atom stereocenters. The number of hydrogen-bond donors (Lipinski definition) is 1. The van der Waals surface area contributed by atoms with Gasteiger partial charge in [0.2, 0.25) is 0 Å². The summed E-state index contributed by atoms with van der Waals surface area (Å²) in [5.41, 5.74) is 2.00. The van der Waals surface area contributed by atoms with Crippen LogP contribution in [0.25, 0.3) is 0 Å². The van der Waals surface area contributed by atoms with Gasteiger partial charge in [-0.05, 0) is 76.6 Å². The molecule has 4 nitrogen and oxygen atoms in total.